The van der Waals surface area contributed by atoms with Crippen molar-refractivity contribution in [3.63, 3.8) is 0 Å². The van der Waals surface area contributed by atoms with E-state index >= 15 is 0 Å². The van der Waals surface area contributed by atoms with Gasteiger partial charge in [0.25, 0.3) is 0 Å². The Morgan fingerprint density at radius 1 is 0.556 bits per heavy atom. The Morgan fingerprint density at radius 3 is 1.20 bits per heavy atom. The van der Waals surface area contributed by atoms with E-state index in [2.05, 4.69) is 30.7 Å². The van der Waals surface area contributed by atoms with Gasteiger partial charge in [-0.25, -0.2) is 36.5 Å². The van der Waals surface area contributed by atoms with Gasteiger partial charge in [-0.15, -0.1) is 10.2 Å². The molecule has 0 amide bonds. The molecule has 18 nitrogen and oxygen atoms in total. The van der Waals surface area contributed by atoms with Gasteiger partial charge in [0.15, 0.2) is 0 Å². The fourth-order valence-corrected chi connectivity index (χ4v) is 5.49. The number of benzene rings is 4. The molecule has 271 valence electrons. The molecule has 0 saturated heterocycles. The van der Waals surface area contributed by atoms with Crippen molar-refractivity contribution in [2.24, 2.45) is 30.7 Å². The van der Waals surface area contributed by atoms with E-state index in [0.717, 1.165) is 36.4 Å². The third-order valence-electron chi connectivity index (χ3n) is 7.01. The Labute approximate surface area is 331 Å². The van der Waals surface area contributed by atoms with Crippen molar-refractivity contribution in [2.45, 2.75) is 23.6 Å². The fraction of sp³-hybridized carbons (Fsp3) is 0.0625. The van der Waals surface area contributed by atoms with Crippen molar-refractivity contribution in [3.05, 3.63) is 108 Å². The average molecular weight is 802 g/mol. The minimum atomic E-state index is -3.99. The summed E-state index contributed by atoms with van der Waals surface area (Å²) < 4.78 is 47.9. The Hall–Kier alpha value is -5.35. The molecule has 6 aromatic rings. The van der Waals surface area contributed by atoms with Gasteiger partial charge in [-0.3, -0.25) is 0 Å². The zero-order valence-corrected chi connectivity index (χ0v) is 31.4. The van der Waals surface area contributed by atoms with Gasteiger partial charge in [-0.1, -0.05) is 60.0 Å². The summed E-state index contributed by atoms with van der Waals surface area (Å²) in [7, 11) is -7.98. The van der Waals surface area contributed by atoms with Crippen molar-refractivity contribution in [1.29, 1.82) is 0 Å². The molecule has 0 bridgehead atoms. The maximum atomic E-state index is 12.5. The third kappa shape index (κ3) is 9.99. The van der Waals surface area contributed by atoms with Crippen molar-refractivity contribution >= 4 is 42.8 Å². The molecule has 2 heterocycles. The fourth-order valence-electron chi connectivity index (χ4n) is 4.43. The van der Waals surface area contributed by atoms with Crippen LogP contribution in [0.25, 0.3) is 11.4 Å². The first-order valence-corrected chi connectivity index (χ1v) is 17.8. The van der Waals surface area contributed by atoms with Crippen LogP contribution >= 0.6 is 0 Å². The predicted octanol–water partition coefficient (Wildman–Crippen LogP) is -0.217. The molecule has 0 saturated carbocycles. The van der Waals surface area contributed by atoms with E-state index in [-0.39, 0.29) is 68.8 Å². The van der Waals surface area contributed by atoms with Crippen molar-refractivity contribution < 1.29 is 73.5 Å². The molecular formula is C32H26CrLiN10O8S2. The molecule has 4 aromatic carbocycles. The van der Waals surface area contributed by atoms with Gasteiger partial charge in [-0.2, -0.15) is 20.4 Å². The van der Waals surface area contributed by atoms with E-state index in [9.17, 15) is 37.3 Å². The second-order valence-electron chi connectivity index (χ2n) is 10.7. The van der Waals surface area contributed by atoms with Gasteiger partial charge in [-0.05, 0) is 62.4 Å². The number of hydrogen-bond acceptors (Lipinski definition) is 14. The van der Waals surface area contributed by atoms with E-state index in [4.69, 9.17) is 10.3 Å². The van der Waals surface area contributed by atoms with Crippen molar-refractivity contribution in [2.75, 3.05) is 0 Å². The second-order valence-corrected chi connectivity index (χ2v) is 13.8. The van der Waals surface area contributed by atoms with E-state index in [1.165, 1.54) is 9.36 Å². The molecule has 0 aliphatic carbocycles. The van der Waals surface area contributed by atoms with Crippen LogP contribution in [0.15, 0.2) is 127 Å². The Kier molecular flexibility index (Phi) is 14.1. The van der Waals surface area contributed by atoms with Crippen LogP contribution in [-0.2, 0) is 37.4 Å². The molecule has 54 heavy (non-hydrogen) atoms. The molecule has 2 aromatic heterocycles. The van der Waals surface area contributed by atoms with Crippen molar-refractivity contribution in [1.82, 2.24) is 19.6 Å². The van der Waals surface area contributed by atoms with Crippen LogP contribution in [0, 0.1) is 13.8 Å². The SMILES string of the molecule is Cc1nn(-c2ccccc2)c([O-])c1N=Nc1cc(S(N)(=O)=O)ccc1[O-].Cc1nn(-c2ccccc2)c([O-])c1N=Nc1cc(S(N)(=O)=O)ccc1[O-].[Cr+3].[Li+]. The van der Waals surface area contributed by atoms with Gasteiger partial charge >= 0.3 is 36.2 Å². The standard InChI is InChI=1S/2C16H15N5O4S.Cr.Li/c2*1-10-15(16(23)21(20-10)11-5-3-2-4-6-11)19-18-13-9-12(26(17,24)25)7-8-14(13)22;;/h2*2-9,22-23H,1H3,(H2,17,24,25);;/q;;+3;+1/p-4. The summed E-state index contributed by atoms with van der Waals surface area (Å²) in [6.07, 6.45) is 0. The van der Waals surface area contributed by atoms with Gasteiger partial charge in [0, 0.05) is 11.8 Å². The summed E-state index contributed by atoms with van der Waals surface area (Å²) >= 11 is 0. The summed E-state index contributed by atoms with van der Waals surface area (Å²) in [6.45, 7) is 3.15. The minimum Gasteiger partial charge on any atom is -0.871 e. The number of para-hydroxylation sites is 2. The molecule has 0 aliphatic heterocycles. The second kappa shape index (κ2) is 17.6. The number of aryl methyl sites for hydroxylation is 2. The minimum absolute atomic E-state index is 0. The molecule has 6 rings (SSSR count). The Bertz CT molecular complexity index is 2370. The summed E-state index contributed by atoms with van der Waals surface area (Å²) in [5, 5.41) is 82.0. The van der Waals surface area contributed by atoms with Crippen LogP contribution in [0.4, 0.5) is 22.7 Å². The smallest absolute Gasteiger partial charge is 0.871 e. The van der Waals surface area contributed by atoms with E-state index in [0.29, 0.717) is 22.8 Å². The van der Waals surface area contributed by atoms with Crippen molar-refractivity contribution in [3.8, 4) is 34.6 Å². The average Bonchev–Trinajstić information content (AvgIpc) is 3.56. The number of primary sulfonamides is 2. The van der Waals surface area contributed by atoms with Gasteiger partial charge in [0.1, 0.15) is 11.4 Å². The first-order chi connectivity index (χ1) is 24.5. The molecule has 1 radical (unpaired) electrons. The Balaban J connectivity index is 0.000000280. The molecule has 22 heteroatoms. The molecule has 0 aliphatic rings. The quantitative estimate of drug-likeness (QED) is 0.151. The topological polar surface area (TPSA) is 298 Å². The molecule has 4 N–H and O–H groups in total. The van der Waals surface area contributed by atoms with Crippen LogP contribution < -0.4 is 49.6 Å². The molecule has 0 unspecified atom stereocenters. The first kappa shape index (κ1) is 43.1. The van der Waals surface area contributed by atoms with Gasteiger partial charge in [0.2, 0.25) is 20.0 Å². The van der Waals surface area contributed by atoms with Crippen LogP contribution in [0.1, 0.15) is 11.4 Å². The van der Waals surface area contributed by atoms with E-state index < -0.39 is 43.3 Å². The normalized spacial score (nSPS) is 11.5. The van der Waals surface area contributed by atoms with E-state index in [1.807, 2.05) is 0 Å². The maximum absolute atomic E-state index is 12.5. The zero-order valence-electron chi connectivity index (χ0n) is 28.5. The number of aromatic nitrogens is 4. The summed E-state index contributed by atoms with van der Waals surface area (Å²) in [4.78, 5) is -0.546. The third-order valence-corrected chi connectivity index (χ3v) is 8.83. The van der Waals surface area contributed by atoms with Crippen LogP contribution in [0.3, 0.4) is 0 Å². The number of nitrogens with two attached hydrogens (primary N) is 2. The van der Waals surface area contributed by atoms with Crippen LogP contribution in [0.5, 0.6) is 23.3 Å². The molecular weight excluding hydrogens is 775 g/mol. The Morgan fingerprint density at radius 2 is 0.889 bits per heavy atom. The zero-order chi connectivity index (χ0) is 37.8. The molecule has 0 fully saturated rings. The summed E-state index contributed by atoms with van der Waals surface area (Å²) in [5.74, 6) is -2.12. The van der Waals surface area contributed by atoms with Crippen LogP contribution in [-0.4, -0.2) is 36.4 Å². The molecule has 0 spiro atoms. The monoisotopic (exact) mass is 801 g/mol. The number of rotatable bonds is 8. The molecule has 0 atom stereocenters. The maximum Gasteiger partial charge on any atom is 3.00 e. The number of sulfonamides is 2. The van der Waals surface area contributed by atoms with Gasteiger partial charge in [0.05, 0.1) is 43.9 Å². The first-order valence-electron chi connectivity index (χ1n) is 14.7. The summed E-state index contributed by atoms with van der Waals surface area (Å²) in [6, 6.07) is 23.7. The summed E-state index contributed by atoms with van der Waals surface area (Å²) in [5.41, 5.74) is 1.16. The number of nitrogens with zero attached hydrogens (tertiary/aromatic N) is 8. The number of hydrogen-bond donors (Lipinski definition) is 2. The largest absolute Gasteiger partial charge is 3.00 e. The predicted molar refractivity (Wildman–Crippen MR) is 178 cm³/mol. The number of azo groups is 2. The van der Waals surface area contributed by atoms with Gasteiger partial charge < -0.3 is 20.4 Å². The van der Waals surface area contributed by atoms with E-state index in [1.54, 1.807) is 74.5 Å². The van der Waals surface area contributed by atoms with Crippen LogP contribution in [0.2, 0.25) is 0 Å².